The molecule has 0 spiro atoms. The van der Waals surface area contributed by atoms with Crippen molar-refractivity contribution < 1.29 is 5.11 Å². The third-order valence-electron chi connectivity index (χ3n) is 3.40. The molecule has 0 amide bonds. The van der Waals surface area contributed by atoms with Crippen LogP contribution in [0.25, 0.3) is 5.65 Å². The van der Waals surface area contributed by atoms with Crippen molar-refractivity contribution in [1.29, 1.82) is 0 Å². The Balaban J connectivity index is 2.16. The summed E-state index contributed by atoms with van der Waals surface area (Å²) in [6.45, 7) is 6.03. The molecule has 0 aromatic carbocycles. The molecular weight excluding hydrogens is 254 g/mol. The molecule has 20 heavy (non-hydrogen) atoms. The first kappa shape index (κ1) is 14.6. The van der Waals surface area contributed by atoms with E-state index in [-0.39, 0.29) is 6.61 Å². The summed E-state index contributed by atoms with van der Waals surface area (Å²) in [5.41, 5.74) is 0.825. The fourth-order valence-electron chi connectivity index (χ4n) is 2.19. The Bertz CT molecular complexity index is 539. The Hall–Kier alpha value is -1.82. The average Bonchev–Trinajstić information content (AvgIpc) is 2.92. The van der Waals surface area contributed by atoms with Gasteiger partial charge in [-0.05, 0) is 19.3 Å². The van der Waals surface area contributed by atoms with Gasteiger partial charge in [-0.25, -0.2) is 9.97 Å². The molecule has 1 unspecified atom stereocenters. The van der Waals surface area contributed by atoms with Crippen LogP contribution in [-0.2, 0) is 0 Å². The molecule has 6 nitrogen and oxygen atoms in total. The number of hydrogen-bond acceptors (Lipinski definition) is 5. The van der Waals surface area contributed by atoms with Gasteiger partial charge in [-0.2, -0.15) is 0 Å². The summed E-state index contributed by atoms with van der Waals surface area (Å²) in [5, 5.41) is 15.6. The van der Waals surface area contributed by atoms with Crippen molar-refractivity contribution >= 4 is 17.3 Å². The van der Waals surface area contributed by atoms with Crippen LogP contribution in [0.4, 0.5) is 11.6 Å². The van der Waals surface area contributed by atoms with Gasteiger partial charge in [-0.1, -0.05) is 13.3 Å². The average molecular weight is 277 g/mol. The number of hydrogen-bond donors (Lipinski definition) is 3. The quantitative estimate of drug-likeness (QED) is 0.688. The summed E-state index contributed by atoms with van der Waals surface area (Å²) in [5.74, 6) is 2.06. The molecule has 2 heterocycles. The second-order valence-corrected chi connectivity index (χ2v) is 4.83. The van der Waals surface area contributed by atoms with Gasteiger partial charge in [-0.3, -0.25) is 0 Å². The Morgan fingerprint density at radius 3 is 2.90 bits per heavy atom. The third-order valence-corrected chi connectivity index (χ3v) is 3.40. The minimum absolute atomic E-state index is 0.226. The molecule has 0 fully saturated rings. The summed E-state index contributed by atoms with van der Waals surface area (Å²) in [4.78, 5) is 8.89. The molecule has 2 aromatic rings. The van der Waals surface area contributed by atoms with Gasteiger partial charge in [0.2, 0.25) is 0 Å². The minimum atomic E-state index is 0.226. The fraction of sp³-hybridized carbons (Fsp3) is 0.571. The van der Waals surface area contributed by atoms with Crippen molar-refractivity contribution in [3.05, 3.63) is 18.6 Å². The minimum Gasteiger partial charge on any atom is -0.396 e. The summed E-state index contributed by atoms with van der Waals surface area (Å²) in [6.07, 6.45) is 7.45. The van der Waals surface area contributed by atoms with Crippen LogP contribution in [0.3, 0.4) is 0 Å². The van der Waals surface area contributed by atoms with Crippen molar-refractivity contribution in [2.24, 2.45) is 5.92 Å². The number of anilines is 2. The smallest absolute Gasteiger partial charge is 0.180 e. The lowest BCUT2D eigenvalue weighted by atomic mass is 10.0. The van der Waals surface area contributed by atoms with E-state index < -0.39 is 0 Å². The van der Waals surface area contributed by atoms with E-state index >= 15 is 0 Å². The van der Waals surface area contributed by atoms with E-state index in [1.807, 2.05) is 23.7 Å². The first-order chi connectivity index (χ1) is 9.78. The van der Waals surface area contributed by atoms with Gasteiger partial charge >= 0.3 is 0 Å². The SMILES string of the molecule is CCNc1cn2ccnc2c(NCC(CC)CCO)n1. The number of aliphatic hydroxyl groups excluding tert-OH is 1. The summed E-state index contributed by atoms with van der Waals surface area (Å²) in [6, 6.07) is 0. The fourth-order valence-corrected chi connectivity index (χ4v) is 2.19. The number of aliphatic hydroxyl groups is 1. The Labute approximate surface area is 119 Å². The highest BCUT2D eigenvalue weighted by Crippen LogP contribution is 2.17. The standard InChI is InChI=1S/C14H23N5O/c1-3-11(5-8-20)9-17-13-14-16-6-7-19(14)10-12(18-13)15-4-2/h6-7,10-11,15,20H,3-5,8-9H2,1-2H3,(H,17,18). The molecular formula is C14H23N5O. The maximum Gasteiger partial charge on any atom is 0.180 e. The molecule has 0 aliphatic rings. The summed E-state index contributed by atoms with van der Waals surface area (Å²) < 4.78 is 1.96. The van der Waals surface area contributed by atoms with E-state index in [1.54, 1.807) is 6.20 Å². The number of rotatable bonds is 8. The van der Waals surface area contributed by atoms with Crippen LogP contribution in [-0.4, -0.2) is 39.2 Å². The van der Waals surface area contributed by atoms with Gasteiger partial charge in [0.15, 0.2) is 11.5 Å². The Kier molecular flexibility index (Phi) is 5.17. The number of nitrogens with one attached hydrogen (secondary N) is 2. The van der Waals surface area contributed by atoms with E-state index in [0.717, 1.165) is 43.2 Å². The predicted octanol–water partition coefficient (Wildman–Crippen LogP) is 1.98. The van der Waals surface area contributed by atoms with Crippen molar-refractivity contribution in [3.63, 3.8) is 0 Å². The molecule has 0 bridgehead atoms. The molecule has 110 valence electrons. The van der Waals surface area contributed by atoms with Crippen molar-refractivity contribution in [2.45, 2.75) is 26.7 Å². The van der Waals surface area contributed by atoms with Crippen LogP contribution in [0.5, 0.6) is 0 Å². The van der Waals surface area contributed by atoms with Crippen LogP contribution >= 0.6 is 0 Å². The Morgan fingerprint density at radius 1 is 1.35 bits per heavy atom. The van der Waals surface area contributed by atoms with Gasteiger partial charge in [0, 0.05) is 32.1 Å². The zero-order chi connectivity index (χ0) is 14.4. The van der Waals surface area contributed by atoms with E-state index in [9.17, 15) is 0 Å². The van der Waals surface area contributed by atoms with Crippen LogP contribution in [0.15, 0.2) is 18.6 Å². The van der Waals surface area contributed by atoms with E-state index in [2.05, 4.69) is 27.5 Å². The molecule has 0 saturated carbocycles. The molecule has 3 N–H and O–H groups in total. The first-order valence-electron chi connectivity index (χ1n) is 7.20. The van der Waals surface area contributed by atoms with Crippen LogP contribution < -0.4 is 10.6 Å². The normalized spacial score (nSPS) is 12.6. The summed E-state index contributed by atoms with van der Waals surface area (Å²) >= 11 is 0. The lowest BCUT2D eigenvalue weighted by molar-refractivity contribution is 0.258. The van der Waals surface area contributed by atoms with Crippen molar-refractivity contribution in [2.75, 3.05) is 30.3 Å². The van der Waals surface area contributed by atoms with E-state index in [1.165, 1.54) is 0 Å². The van der Waals surface area contributed by atoms with Crippen molar-refractivity contribution in [3.8, 4) is 0 Å². The van der Waals surface area contributed by atoms with Crippen LogP contribution in [0.2, 0.25) is 0 Å². The molecule has 0 saturated heterocycles. The Morgan fingerprint density at radius 2 is 2.20 bits per heavy atom. The number of aromatic nitrogens is 3. The topological polar surface area (TPSA) is 74.5 Å². The predicted molar refractivity (Wildman–Crippen MR) is 81.1 cm³/mol. The molecule has 0 aliphatic heterocycles. The highest BCUT2D eigenvalue weighted by molar-refractivity contribution is 5.65. The van der Waals surface area contributed by atoms with Gasteiger partial charge in [0.05, 0.1) is 6.20 Å². The molecule has 1 atom stereocenters. The number of fused-ring (bicyclic) bond motifs is 1. The maximum absolute atomic E-state index is 9.05. The second kappa shape index (κ2) is 7.09. The third kappa shape index (κ3) is 3.39. The zero-order valence-corrected chi connectivity index (χ0v) is 12.1. The monoisotopic (exact) mass is 277 g/mol. The van der Waals surface area contributed by atoms with Gasteiger partial charge in [-0.15, -0.1) is 0 Å². The van der Waals surface area contributed by atoms with Gasteiger partial charge in [0.25, 0.3) is 0 Å². The van der Waals surface area contributed by atoms with Crippen LogP contribution in [0.1, 0.15) is 26.7 Å². The lowest BCUT2D eigenvalue weighted by Gasteiger charge is -2.16. The lowest BCUT2D eigenvalue weighted by Crippen LogP contribution is -2.17. The molecule has 0 radical (unpaired) electrons. The van der Waals surface area contributed by atoms with Gasteiger partial charge in [0.1, 0.15) is 5.82 Å². The highest BCUT2D eigenvalue weighted by atomic mass is 16.3. The van der Waals surface area contributed by atoms with Gasteiger partial charge < -0.3 is 20.1 Å². The second-order valence-electron chi connectivity index (χ2n) is 4.83. The van der Waals surface area contributed by atoms with E-state index in [4.69, 9.17) is 5.11 Å². The first-order valence-corrected chi connectivity index (χ1v) is 7.20. The molecule has 2 rings (SSSR count). The molecule has 2 aromatic heterocycles. The van der Waals surface area contributed by atoms with Crippen LogP contribution in [0, 0.1) is 5.92 Å². The van der Waals surface area contributed by atoms with Crippen molar-refractivity contribution in [1.82, 2.24) is 14.4 Å². The molecule has 6 heteroatoms. The molecule has 0 aliphatic carbocycles. The number of imidazole rings is 1. The number of nitrogens with zero attached hydrogens (tertiary/aromatic N) is 3. The maximum atomic E-state index is 9.05. The summed E-state index contributed by atoms with van der Waals surface area (Å²) in [7, 11) is 0. The van der Waals surface area contributed by atoms with E-state index in [0.29, 0.717) is 5.92 Å². The zero-order valence-electron chi connectivity index (χ0n) is 12.1. The largest absolute Gasteiger partial charge is 0.396 e. The highest BCUT2D eigenvalue weighted by Gasteiger charge is 2.10.